The molecule has 0 spiro atoms. The van der Waals surface area contributed by atoms with Crippen LogP contribution in [0.5, 0.6) is 0 Å². The van der Waals surface area contributed by atoms with Crippen molar-refractivity contribution in [3.63, 3.8) is 0 Å². The maximum atomic E-state index is 9.36. The van der Waals surface area contributed by atoms with E-state index in [1.54, 1.807) is 11.8 Å². The van der Waals surface area contributed by atoms with Crippen molar-refractivity contribution in [2.24, 2.45) is 0 Å². The lowest BCUT2D eigenvalue weighted by Gasteiger charge is -2.23. The van der Waals surface area contributed by atoms with Crippen LogP contribution in [-0.2, 0) is 0 Å². The minimum atomic E-state index is 0.532. The van der Waals surface area contributed by atoms with Gasteiger partial charge in [-0.05, 0) is 31.2 Å². The molecule has 1 aromatic carbocycles. The Morgan fingerprint density at radius 3 is 2.47 bits per heavy atom. The maximum Gasteiger partial charge on any atom is 0.102 e. The number of benzene rings is 1. The van der Waals surface area contributed by atoms with Crippen LogP contribution in [0.2, 0.25) is 0 Å². The summed E-state index contributed by atoms with van der Waals surface area (Å²) in [5, 5.41) is 13.0. The van der Waals surface area contributed by atoms with Gasteiger partial charge in [-0.3, -0.25) is 0 Å². The average molecular weight is 274 g/mol. The lowest BCUT2D eigenvalue weighted by molar-refractivity contribution is 0.471. The molecule has 0 aliphatic heterocycles. The molecule has 0 bridgehead atoms. The quantitative estimate of drug-likeness (QED) is 0.804. The molecule has 1 saturated carbocycles. The topological polar surface area (TPSA) is 35.8 Å². The molecule has 1 aromatic rings. The average Bonchev–Trinajstić information content (AvgIpc) is 2.41. The van der Waals surface area contributed by atoms with E-state index < -0.39 is 0 Å². The molecule has 19 heavy (non-hydrogen) atoms. The number of nitrogens with one attached hydrogen (secondary N) is 1. The molecular weight excluding hydrogens is 252 g/mol. The van der Waals surface area contributed by atoms with Gasteiger partial charge in [-0.2, -0.15) is 5.26 Å². The number of rotatable bonds is 3. The minimum Gasteiger partial charge on any atom is -0.381 e. The van der Waals surface area contributed by atoms with E-state index in [1.165, 1.54) is 44.9 Å². The van der Waals surface area contributed by atoms with Crippen LogP contribution in [0.1, 0.15) is 50.5 Å². The van der Waals surface area contributed by atoms with E-state index in [1.807, 2.05) is 24.5 Å². The molecule has 0 saturated heterocycles. The summed E-state index contributed by atoms with van der Waals surface area (Å²) in [4.78, 5) is 1.07. The molecule has 1 fully saturated rings. The summed E-state index contributed by atoms with van der Waals surface area (Å²) >= 11 is 1.64. The lowest BCUT2D eigenvalue weighted by Crippen LogP contribution is -2.21. The van der Waals surface area contributed by atoms with Crippen LogP contribution in [-0.4, -0.2) is 12.3 Å². The Labute approximate surface area is 120 Å². The van der Waals surface area contributed by atoms with Crippen molar-refractivity contribution in [3.8, 4) is 6.07 Å². The Morgan fingerprint density at radius 1 is 1.16 bits per heavy atom. The van der Waals surface area contributed by atoms with Crippen LogP contribution in [0.15, 0.2) is 23.1 Å². The van der Waals surface area contributed by atoms with Gasteiger partial charge in [0.2, 0.25) is 0 Å². The van der Waals surface area contributed by atoms with Gasteiger partial charge in [0, 0.05) is 10.9 Å². The molecule has 2 rings (SSSR count). The summed E-state index contributed by atoms with van der Waals surface area (Å²) < 4.78 is 0. The van der Waals surface area contributed by atoms with Crippen LogP contribution < -0.4 is 5.32 Å². The van der Waals surface area contributed by atoms with Gasteiger partial charge in [0.05, 0.1) is 11.3 Å². The van der Waals surface area contributed by atoms with Crippen LogP contribution >= 0.6 is 11.8 Å². The first-order chi connectivity index (χ1) is 9.35. The highest BCUT2D eigenvalue weighted by molar-refractivity contribution is 7.98. The number of hydrogen-bond acceptors (Lipinski definition) is 3. The molecular formula is C16H22N2S. The molecule has 102 valence electrons. The van der Waals surface area contributed by atoms with Crippen molar-refractivity contribution in [3.05, 3.63) is 23.8 Å². The van der Waals surface area contributed by atoms with Gasteiger partial charge in [0.15, 0.2) is 0 Å². The molecule has 3 heteroatoms. The molecule has 0 aromatic heterocycles. The summed E-state index contributed by atoms with van der Waals surface area (Å²) in [5.74, 6) is 0. The van der Waals surface area contributed by atoms with Crippen molar-refractivity contribution < 1.29 is 0 Å². The van der Waals surface area contributed by atoms with Gasteiger partial charge in [0.1, 0.15) is 6.07 Å². The highest BCUT2D eigenvalue weighted by Gasteiger charge is 2.14. The Kier molecular flexibility index (Phi) is 5.60. The third kappa shape index (κ3) is 3.91. The van der Waals surface area contributed by atoms with Crippen LogP contribution in [0.4, 0.5) is 5.69 Å². The van der Waals surface area contributed by atoms with E-state index in [-0.39, 0.29) is 0 Å². The first-order valence-corrected chi connectivity index (χ1v) is 8.41. The molecule has 0 atom stereocenters. The summed E-state index contributed by atoms with van der Waals surface area (Å²) in [6.07, 6.45) is 11.2. The fourth-order valence-electron chi connectivity index (χ4n) is 2.76. The second-order valence-corrected chi connectivity index (χ2v) is 6.03. The minimum absolute atomic E-state index is 0.532. The van der Waals surface area contributed by atoms with E-state index in [4.69, 9.17) is 0 Å². The van der Waals surface area contributed by atoms with Gasteiger partial charge in [0.25, 0.3) is 0 Å². The molecule has 1 aliphatic rings. The molecule has 0 unspecified atom stereocenters. The third-order valence-corrected chi connectivity index (χ3v) is 4.60. The Bertz CT molecular complexity index is 443. The fourth-order valence-corrected chi connectivity index (χ4v) is 3.33. The van der Waals surface area contributed by atoms with Crippen molar-refractivity contribution >= 4 is 17.4 Å². The van der Waals surface area contributed by atoms with Crippen LogP contribution in [0.25, 0.3) is 0 Å². The van der Waals surface area contributed by atoms with E-state index >= 15 is 0 Å². The fraction of sp³-hybridized carbons (Fsp3) is 0.562. The highest BCUT2D eigenvalue weighted by Crippen LogP contribution is 2.28. The number of nitriles is 1. The molecule has 1 aliphatic carbocycles. The second kappa shape index (κ2) is 7.45. The van der Waals surface area contributed by atoms with Crippen molar-refractivity contribution in [2.45, 2.75) is 55.9 Å². The van der Waals surface area contributed by atoms with Crippen molar-refractivity contribution in [1.29, 1.82) is 5.26 Å². The SMILES string of the molecule is CSc1cccc(NC2CCCCCCC2)c1C#N. The zero-order valence-electron chi connectivity index (χ0n) is 11.6. The van der Waals surface area contributed by atoms with Gasteiger partial charge in [-0.15, -0.1) is 11.8 Å². The smallest absolute Gasteiger partial charge is 0.102 e. The first-order valence-electron chi connectivity index (χ1n) is 7.19. The lowest BCUT2D eigenvalue weighted by atomic mass is 9.96. The first kappa shape index (κ1) is 14.3. The zero-order valence-corrected chi connectivity index (χ0v) is 12.4. The summed E-state index contributed by atoms with van der Waals surface area (Å²) in [7, 11) is 0. The second-order valence-electron chi connectivity index (χ2n) is 5.18. The van der Waals surface area contributed by atoms with E-state index in [9.17, 15) is 5.26 Å². The van der Waals surface area contributed by atoms with Crippen LogP contribution in [0, 0.1) is 11.3 Å². The predicted molar refractivity (Wildman–Crippen MR) is 82.7 cm³/mol. The summed E-state index contributed by atoms with van der Waals surface area (Å²) in [5.41, 5.74) is 1.82. The largest absolute Gasteiger partial charge is 0.381 e. The summed E-state index contributed by atoms with van der Waals surface area (Å²) in [6.45, 7) is 0. The number of anilines is 1. The van der Waals surface area contributed by atoms with E-state index in [0.29, 0.717) is 6.04 Å². The maximum absolute atomic E-state index is 9.36. The number of nitrogens with zero attached hydrogens (tertiary/aromatic N) is 1. The highest BCUT2D eigenvalue weighted by atomic mass is 32.2. The Balaban J connectivity index is 2.11. The standard InChI is InChI=1S/C16H22N2S/c1-19-16-11-7-10-15(14(16)12-17)18-13-8-5-3-2-4-6-9-13/h7,10-11,13,18H,2-6,8-9H2,1H3. The Morgan fingerprint density at radius 2 is 1.84 bits per heavy atom. The van der Waals surface area contributed by atoms with Crippen molar-refractivity contribution in [2.75, 3.05) is 11.6 Å². The monoisotopic (exact) mass is 274 g/mol. The molecule has 1 N–H and O–H groups in total. The van der Waals surface area contributed by atoms with E-state index in [0.717, 1.165) is 16.1 Å². The van der Waals surface area contributed by atoms with Gasteiger partial charge >= 0.3 is 0 Å². The third-order valence-electron chi connectivity index (χ3n) is 3.82. The van der Waals surface area contributed by atoms with Crippen molar-refractivity contribution in [1.82, 2.24) is 0 Å². The van der Waals surface area contributed by atoms with Crippen LogP contribution in [0.3, 0.4) is 0 Å². The Hall–Kier alpha value is -1.14. The molecule has 2 nitrogen and oxygen atoms in total. The predicted octanol–water partition coefficient (Wildman–Crippen LogP) is 4.80. The summed E-state index contributed by atoms with van der Waals surface area (Å²) in [6, 6.07) is 8.98. The number of hydrogen-bond donors (Lipinski definition) is 1. The van der Waals surface area contributed by atoms with Gasteiger partial charge in [-0.25, -0.2) is 0 Å². The molecule has 0 radical (unpaired) electrons. The molecule has 0 amide bonds. The normalized spacial score (nSPS) is 17.3. The zero-order chi connectivity index (χ0) is 13.5. The van der Waals surface area contributed by atoms with E-state index in [2.05, 4.69) is 11.4 Å². The molecule has 0 heterocycles. The van der Waals surface area contributed by atoms with Gasteiger partial charge < -0.3 is 5.32 Å². The van der Waals surface area contributed by atoms with Gasteiger partial charge in [-0.1, -0.05) is 38.2 Å². The number of thioether (sulfide) groups is 1.